The van der Waals surface area contributed by atoms with Crippen molar-refractivity contribution in [3.05, 3.63) is 84.5 Å². The molecule has 1 heterocycles. The SMILES string of the molecule is COc1cccc(CCN2C(=O)N=C3C=CC=CC3/C2=N/C(=O)Nc2ccccc2)c1. The second kappa shape index (κ2) is 9.21. The first-order valence-electron chi connectivity index (χ1n) is 9.96. The number of nitrogens with zero attached hydrogens (tertiary/aromatic N) is 3. The Bertz CT molecular complexity index is 1100. The summed E-state index contributed by atoms with van der Waals surface area (Å²) in [5, 5.41) is 2.75. The van der Waals surface area contributed by atoms with Crippen LogP contribution in [0.2, 0.25) is 0 Å². The molecule has 1 aliphatic heterocycles. The number of anilines is 1. The van der Waals surface area contributed by atoms with Crippen molar-refractivity contribution < 1.29 is 14.3 Å². The first-order chi connectivity index (χ1) is 15.1. The quantitative estimate of drug-likeness (QED) is 0.783. The summed E-state index contributed by atoms with van der Waals surface area (Å²) in [6.45, 7) is 0.342. The zero-order chi connectivity index (χ0) is 21.6. The van der Waals surface area contributed by atoms with Gasteiger partial charge >= 0.3 is 12.1 Å². The van der Waals surface area contributed by atoms with Crippen LogP contribution in [0.3, 0.4) is 0 Å². The molecule has 0 aromatic heterocycles. The number of rotatable bonds is 5. The molecule has 0 spiro atoms. The monoisotopic (exact) mass is 414 g/mol. The largest absolute Gasteiger partial charge is 0.497 e. The number of fused-ring (bicyclic) bond motifs is 1. The summed E-state index contributed by atoms with van der Waals surface area (Å²) in [5.74, 6) is 0.765. The Kier molecular flexibility index (Phi) is 6.03. The van der Waals surface area contributed by atoms with E-state index in [9.17, 15) is 9.59 Å². The molecular weight excluding hydrogens is 392 g/mol. The van der Waals surface area contributed by atoms with Crippen LogP contribution >= 0.6 is 0 Å². The number of ether oxygens (including phenoxy) is 1. The third kappa shape index (κ3) is 4.78. The van der Waals surface area contributed by atoms with Gasteiger partial charge in [0.2, 0.25) is 0 Å². The van der Waals surface area contributed by atoms with Crippen LogP contribution in [0.5, 0.6) is 5.75 Å². The first kappa shape index (κ1) is 20.3. The smallest absolute Gasteiger partial charge is 0.349 e. The van der Waals surface area contributed by atoms with Crippen LogP contribution in [-0.4, -0.2) is 42.2 Å². The summed E-state index contributed by atoms with van der Waals surface area (Å²) in [6.07, 6.45) is 7.91. The number of carbonyl (C=O) groups is 2. The fraction of sp³-hybridized carbons (Fsp3) is 0.167. The second-order valence-electron chi connectivity index (χ2n) is 7.06. The topological polar surface area (TPSA) is 83.4 Å². The third-order valence-corrected chi connectivity index (χ3v) is 5.01. The molecule has 4 rings (SSSR count). The first-order valence-corrected chi connectivity index (χ1v) is 9.96. The van der Waals surface area contributed by atoms with Crippen molar-refractivity contribution in [2.24, 2.45) is 15.9 Å². The molecule has 0 saturated heterocycles. The molecule has 0 saturated carbocycles. The number of amides is 4. The number of allylic oxidation sites excluding steroid dienone is 3. The van der Waals surface area contributed by atoms with Crippen molar-refractivity contribution in [1.82, 2.24) is 4.90 Å². The van der Waals surface area contributed by atoms with E-state index in [1.165, 1.54) is 4.90 Å². The summed E-state index contributed by atoms with van der Waals surface area (Å²) in [7, 11) is 1.61. The van der Waals surface area contributed by atoms with E-state index in [0.29, 0.717) is 30.2 Å². The normalized spacial score (nSPS) is 18.5. The van der Waals surface area contributed by atoms with Gasteiger partial charge in [0.1, 0.15) is 11.6 Å². The number of benzene rings is 2. The van der Waals surface area contributed by atoms with E-state index in [0.717, 1.165) is 11.3 Å². The van der Waals surface area contributed by atoms with E-state index in [4.69, 9.17) is 4.74 Å². The molecule has 2 aliphatic rings. The highest BCUT2D eigenvalue weighted by Gasteiger charge is 2.34. The van der Waals surface area contributed by atoms with E-state index < -0.39 is 12.1 Å². The molecule has 4 amide bonds. The lowest BCUT2D eigenvalue weighted by Gasteiger charge is -2.31. The van der Waals surface area contributed by atoms with Gasteiger partial charge in [-0.25, -0.2) is 9.59 Å². The van der Waals surface area contributed by atoms with E-state index in [-0.39, 0.29) is 5.92 Å². The van der Waals surface area contributed by atoms with E-state index in [1.54, 1.807) is 25.3 Å². The van der Waals surface area contributed by atoms with Gasteiger partial charge in [-0.15, -0.1) is 0 Å². The molecule has 31 heavy (non-hydrogen) atoms. The summed E-state index contributed by atoms with van der Waals surface area (Å²) in [6, 6.07) is 15.8. The molecule has 1 aliphatic carbocycles. The number of nitrogens with one attached hydrogen (secondary N) is 1. The van der Waals surface area contributed by atoms with Crippen molar-refractivity contribution in [2.75, 3.05) is 19.0 Å². The number of aliphatic imine (C=N–C) groups is 2. The minimum absolute atomic E-state index is 0.342. The zero-order valence-electron chi connectivity index (χ0n) is 17.1. The Morgan fingerprint density at radius 3 is 2.81 bits per heavy atom. The number of urea groups is 2. The van der Waals surface area contributed by atoms with Crippen LogP contribution in [0.25, 0.3) is 0 Å². The van der Waals surface area contributed by atoms with Crippen LogP contribution in [-0.2, 0) is 6.42 Å². The number of carbonyl (C=O) groups excluding carboxylic acids is 2. The van der Waals surface area contributed by atoms with Gasteiger partial charge in [0.05, 0.1) is 18.7 Å². The van der Waals surface area contributed by atoms with Crippen LogP contribution in [0, 0.1) is 5.92 Å². The van der Waals surface area contributed by atoms with Gasteiger partial charge in [0.15, 0.2) is 0 Å². The predicted octanol–water partition coefficient (Wildman–Crippen LogP) is 4.49. The summed E-state index contributed by atoms with van der Waals surface area (Å²) in [5.41, 5.74) is 2.22. The molecule has 7 heteroatoms. The van der Waals surface area contributed by atoms with Gasteiger partial charge in [0.25, 0.3) is 0 Å². The van der Waals surface area contributed by atoms with Crippen molar-refractivity contribution in [2.45, 2.75) is 6.42 Å². The number of para-hydroxylation sites is 1. The average molecular weight is 414 g/mol. The highest BCUT2D eigenvalue weighted by molar-refractivity contribution is 6.24. The Morgan fingerprint density at radius 1 is 1.16 bits per heavy atom. The lowest BCUT2D eigenvalue weighted by Crippen LogP contribution is -2.47. The Labute approximate surface area is 180 Å². The van der Waals surface area contributed by atoms with E-state index in [1.807, 2.05) is 60.7 Å². The van der Waals surface area contributed by atoms with Crippen molar-refractivity contribution in [3.8, 4) is 5.75 Å². The number of hydrogen-bond acceptors (Lipinski definition) is 3. The van der Waals surface area contributed by atoms with E-state index in [2.05, 4.69) is 15.3 Å². The lowest BCUT2D eigenvalue weighted by molar-refractivity contribution is 0.228. The standard InChI is InChI=1S/C24H22N4O3/c1-31-19-11-7-8-17(16-19)14-15-28-22(20-12-5-6-13-21(20)26-24(28)30)27-23(29)25-18-9-3-2-4-10-18/h2-13,16,20H,14-15H2,1H3,(H,25,29)/b27-22-. The summed E-state index contributed by atoms with van der Waals surface area (Å²) in [4.78, 5) is 35.4. The Morgan fingerprint density at radius 2 is 2.00 bits per heavy atom. The van der Waals surface area contributed by atoms with Crippen LogP contribution in [0.1, 0.15) is 5.56 Å². The maximum Gasteiger partial charge on any atom is 0.349 e. The Hall–Kier alpha value is -4.00. The summed E-state index contributed by atoms with van der Waals surface area (Å²) >= 11 is 0. The Balaban J connectivity index is 1.60. The third-order valence-electron chi connectivity index (χ3n) is 5.01. The maximum absolute atomic E-state index is 12.8. The zero-order valence-corrected chi connectivity index (χ0v) is 17.1. The van der Waals surface area contributed by atoms with Gasteiger partial charge in [-0.2, -0.15) is 9.98 Å². The van der Waals surface area contributed by atoms with Gasteiger partial charge in [0, 0.05) is 12.2 Å². The fourth-order valence-electron chi connectivity index (χ4n) is 3.48. The van der Waals surface area contributed by atoms with Gasteiger partial charge in [-0.1, -0.05) is 48.6 Å². The molecule has 1 N–H and O–H groups in total. The fourth-order valence-corrected chi connectivity index (χ4v) is 3.48. The predicted molar refractivity (Wildman–Crippen MR) is 121 cm³/mol. The molecule has 2 aromatic carbocycles. The van der Waals surface area contributed by atoms with Gasteiger partial charge in [-0.3, -0.25) is 4.90 Å². The van der Waals surface area contributed by atoms with Crippen LogP contribution < -0.4 is 10.1 Å². The molecule has 0 radical (unpaired) electrons. The highest BCUT2D eigenvalue weighted by Crippen LogP contribution is 2.22. The minimum Gasteiger partial charge on any atom is -0.497 e. The van der Waals surface area contributed by atoms with Gasteiger partial charge < -0.3 is 10.1 Å². The van der Waals surface area contributed by atoms with Crippen LogP contribution in [0.4, 0.5) is 15.3 Å². The van der Waals surface area contributed by atoms with Crippen molar-refractivity contribution in [1.29, 1.82) is 0 Å². The van der Waals surface area contributed by atoms with E-state index >= 15 is 0 Å². The second-order valence-corrected chi connectivity index (χ2v) is 7.06. The van der Waals surface area contributed by atoms with Crippen LogP contribution in [0.15, 0.2) is 88.9 Å². The number of amidine groups is 1. The van der Waals surface area contributed by atoms with Crippen molar-refractivity contribution >= 4 is 29.3 Å². The molecule has 156 valence electrons. The summed E-state index contributed by atoms with van der Waals surface area (Å²) < 4.78 is 5.27. The molecule has 2 aromatic rings. The molecule has 1 atom stereocenters. The number of hydrogen-bond donors (Lipinski definition) is 1. The highest BCUT2D eigenvalue weighted by atomic mass is 16.5. The van der Waals surface area contributed by atoms with Crippen molar-refractivity contribution in [3.63, 3.8) is 0 Å². The molecular formula is C24H22N4O3. The minimum atomic E-state index is -0.537. The van der Waals surface area contributed by atoms with Gasteiger partial charge in [-0.05, 0) is 42.3 Å². The molecule has 0 bridgehead atoms. The average Bonchev–Trinajstić information content (AvgIpc) is 2.79. The maximum atomic E-state index is 12.8. The number of methoxy groups -OCH3 is 1. The lowest BCUT2D eigenvalue weighted by atomic mass is 9.94. The molecule has 0 fully saturated rings. The molecule has 1 unspecified atom stereocenters. The molecule has 7 nitrogen and oxygen atoms in total.